The molecule has 21 heavy (non-hydrogen) atoms. The standard InChI is InChI=1S/C14H20N4O3/c19-14(17-11-5-1-2-6-11)16-10-9-15-12-7-3-4-8-13(12)18(20)21/h3-4,7-8,11,15H,1-2,5-6,9-10H2,(H2,16,17,19). The number of carbonyl (C=O) groups excluding carboxylic acids is 1. The van der Waals surface area contributed by atoms with Crippen LogP contribution in [0.3, 0.4) is 0 Å². The van der Waals surface area contributed by atoms with Crippen LogP contribution in [-0.4, -0.2) is 30.1 Å². The zero-order valence-electron chi connectivity index (χ0n) is 11.8. The van der Waals surface area contributed by atoms with Crippen molar-refractivity contribution < 1.29 is 9.72 Å². The fourth-order valence-electron chi connectivity index (χ4n) is 2.46. The number of nitrogens with zero attached hydrogens (tertiary/aromatic N) is 1. The van der Waals surface area contributed by atoms with E-state index in [-0.39, 0.29) is 17.8 Å². The maximum atomic E-state index is 11.6. The maximum absolute atomic E-state index is 11.6. The maximum Gasteiger partial charge on any atom is 0.315 e. The number of nitrogens with one attached hydrogen (secondary N) is 3. The van der Waals surface area contributed by atoms with E-state index < -0.39 is 4.92 Å². The quantitative estimate of drug-likeness (QED) is 0.425. The number of para-hydroxylation sites is 2. The second-order valence-corrected chi connectivity index (χ2v) is 5.08. The van der Waals surface area contributed by atoms with Crippen molar-refractivity contribution >= 4 is 17.4 Å². The van der Waals surface area contributed by atoms with Crippen LogP contribution in [-0.2, 0) is 0 Å². The molecule has 7 nitrogen and oxygen atoms in total. The SMILES string of the molecule is O=C(NCCNc1ccccc1[N+](=O)[O-])NC1CCCC1. The molecule has 0 atom stereocenters. The van der Waals surface area contributed by atoms with Gasteiger partial charge in [0.05, 0.1) is 4.92 Å². The molecule has 1 aromatic carbocycles. The Labute approximate surface area is 123 Å². The second kappa shape index (κ2) is 7.47. The number of rotatable bonds is 6. The van der Waals surface area contributed by atoms with Crippen LogP contribution in [0.2, 0.25) is 0 Å². The number of nitro benzene ring substituents is 1. The fraction of sp³-hybridized carbons (Fsp3) is 0.500. The number of amides is 2. The van der Waals surface area contributed by atoms with Crippen LogP contribution in [0.25, 0.3) is 0 Å². The van der Waals surface area contributed by atoms with Gasteiger partial charge >= 0.3 is 6.03 Å². The van der Waals surface area contributed by atoms with Crippen LogP contribution in [0.15, 0.2) is 24.3 Å². The van der Waals surface area contributed by atoms with Crippen molar-refractivity contribution in [2.24, 2.45) is 0 Å². The number of urea groups is 1. The highest BCUT2D eigenvalue weighted by Gasteiger charge is 2.16. The average Bonchev–Trinajstić information content (AvgIpc) is 2.96. The fourth-order valence-corrected chi connectivity index (χ4v) is 2.46. The van der Waals surface area contributed by atoms with Crippen LogP contribution in [0, 0.1) is 10.1 Å². The van der Waals surface area contributed by atoms with Gasteiger partial charge in [0.15, 0.2) is 0 Å². The Kier molecular flexibility index (Phi) is 5.36. The topological polar surface area (TPSA) is 96.3 Å². The lowest BCUT2D eigenvalue weighted by Gasteiger charge is -2.13. The van der Waals surface area contributed by atoms with Gasteiger partial charge in [0.25, 0.3) is 5.69 Å². The zero-order valence-corrected chi connectivity index (χ0v) is 11.8. The van der Waals surface area contributed by atoms with Crippen LogP contribution in [0.1, 0.15) is 25.7 Å². The summed E-state index contributed by atoms with van der Waals surface area (Å²) in [6.07, 6.45) is 4.43. The Morgan fingerprint density at radius 3 is 2.67 bits per heavy atom. The van der Waals surface area contributed by atoms with E-state index in [9.17, 15) is 14.9 Å². The first-order chi connectivity index (χ1) is 10.2. The van der Waals surface area contributed by atoms with Gasteiger partial charge in [-0.3, -0.25) is 10.1 Å². The Hall–Kier alpha value is -2.31. The summed E-state index contributed by atoms with van der Waals surface area (Å²) in [6.45, 7) is 0.841. The summed E-state index contributed by atoms with van der Waals surface area (Å²) in [7, 11) is 0. The van der Waals surface area contributed by atoms with Crippen molar-refractivity contribution in [3.8, 4) is 0 Å². The molecule has 0 unspecified atom stereocenters. The first kappa shape index (κ1) is 15.1. The molecular formula is C14H20N4O3. The zero-order chi connectivity index (χ0) is 15.1. The monoisotopic (exact) mass is 292 g/mol. The predicted octanol–water partition coefficient (Wildman–Crippen LogP) is 2.25. The first-order valence-electron chi connectivity index (χ1n) is 7.18. The lowest BCUT2D eigenvalue weighted by molar-refractivity contribution is -0.384. The summed E-state index contributed by atoms with van der Waals surface area (Å²) in [5, 5.41) is 19.5. The molecule has 7 heteroatoms. The van der Waals surface area contributed by atoms with E-state index >= 15 is 0 Å². The van der Waals surface area contributed by atoms with Gasteiger partial charge in [0, 0.05) is 25.2 Å². The van der Waals surface area contributed by atoms with Gasteiger partial charge in [-0.25, -0.2) is 4.79 Å². The number of hydrogen-bond acceptors (Lipinski definition) is 4. The third kappa shape index (κ3) is 4.62. The molecule has 1 aliphatic carbocycles. The van der Waals surface area contributed by atoms with Crippen molar-refractivity contribution in [1.82, 2.24) is 10.6 Å². The summed E-state index contributed by atoms with van der Waals surface area (Å²) in [4.78, 5) is 22.0. The molecule has 0 saturated heterocycles. The van der Waals surface area contributed by atoms with E-state index in [0.29, 0.717) is 18.8 Å². The Balaban J connectivity index is 1.69. The van der Waals surface area contributed by atoms with Crippen LogP contribution in [0.5, 0.6) is 0 Å². The first-order valence-corrected chi connectivity index (χ1v) is 7.18. The molecule has 0 heterocycles. The third-order valence-corrected chi connectivity index (χ3v) is 3.52. The van der Waals surface area contributed by atoms with E-state index in [1.807, 2.05) is 0 Å². The molecule has 0 radical (unpaired) electrons. The highest BCUT2D eigenvalue weighted by atomic mass is 16.6. The molecular weight excluding hydrogens is 272 g/mol. The summed E-state index contributed by atoms with van der Waals surface area (Å²) in [6, 6.07) is 6.56. The number of nitro groups is 1. The van der Waals surface area contributed by atoms with Gasteiger partial charge in [-0.05, 0) is 18.9 Å². The van der Waals surface area contributed by atoms with Gasteiger partial charge in [0.2, 0.25) is 0 Å². The molecule has 3 N–H and O–H groups in total. The van der Waals surface area contributed by atoms with Crippen molar-refractivity contribution in [2.75, 3.05) is 18.4 Å². The summed E-state index contributed by atoms with van der Waals surface area (Å²) in [5.74, 6) is 0. The number of hydrogen-bond donors (Lipinski definition) is 3. The number of carbonyl (C=O) groups is 1. The average molecular weight is 292 g/mol. The van der Waals surface area contributed by atoms with Gasteiger partial charge in [-0.1, -0.05) is 25.0 Å². The molecule has 0 aliphatic heterocycles. The van der Waals surface area contributed by atoms with Crippen LogP contribution >= 0.6 is 0 Å². The van der Waals surface area contributed by atoms with Crippen molar-refractivity contribution in [3.63, 3.8) is 0 Å². The molecule has 1 aromatic rings. The second-order valence-electron chi connectivity index (χ2n) is 5.08. The normalized spacial score (nSPS) is 14.7. The van der Waals surface area contributed by atoms with E-state index in [4.69, 9.17) is 0 Å². The predicted molar refractivity (Wildman–Crippen MR) is 80.4 cm³/mol. The number of benzene rings is 1. The highest BCUT2D eigenvalue weighted by molar-refractivity contribution is 5.74. The lowest BCUT2D eigenvalue weighted by Crippen LogP contribution is -2.42. The highest BCUT2D eigenvalue weighted by Crippen LogP contribution is 2.22. The van der Waals surface area contributed by atoms with E-state index in [2.05, 4.69) is 16.0 Å². The van der Waals surface area contributed by atoms with E-state index in [1.54, 1.807) is 18.2 Å². The Morgan fingerprint density at radius 2 is 1.95 bits per heavy atom. The molecule has 0 bridgehead atoms. The molecule has 2 rings (SSSR count). The molecule has 1 saturated carbocycles. The molecule has 0 spiro atoms. The summed E-state index contributed by atoms with van der Waals surface area (Å²) >= 11 is 0. The molecule has 2 amide bonds. The Bertz CT molecular complexity index is 501. The minimum absolute atomic E-state index is 0.0351. The molecule has 1 aliphatic rings. The Morgan fingerprint density at radius 1 is 1.24 bits per heavy atom. The lowest BCUT2D eigenvalue weighted by atomic mass is 10.2. The van der Waals surface area contributed by atoms with E-state index in [1.165, 1.54) is 18.9 Å². The molecule has 114 valence electrons. The van der Waals surface area contributed by atoms with Crippen molar-refractivity contribution in [1.29, 1.82) is 0 Å². The minimum Gasteiger partial charge on any atom is -0.378 e. The molecule has 1 fully saturated rings. The summed E-state index contributed by atoms with van der Waals surface area (Å²) < 4.78 is 0. The van der Waals surface area contributed by atoms with Crippen molar-refractivity contribution in [3.05, 3.63) is 34.4 Å². The van der Waals surface area contributed by atoms with Crippen molar-refractivity contribution in [2.45, 2.75) is 31.7 Å². The molecule has 0 aromatic heterocycles. The van der Waals surface area contributed by atoms with Gasteiger partial charge in [-0.15, -0.1) is 0 Å². The minimum atomic E-state index is -0.428. The smallest absolute Gasteiger partial charge is 0.315 e. The van der Waals surface area contributed by atoms with Crippen LogP contribution < -0.4 is 16.0 Å². The van der Waals surface area contributed by atoms with Crippen LogP contribution in [0.4, 0.5) is 16.2 Å². The largest absolute Gasteiger partial charge is 0.378 e. The van der Waals surface area contributed by atoms with Gasteiger partial charge in [0.1, 0.15) is 5.69 Å². The third-order valence-electron chi connectivity index (χ3n) is 3.52. The van der Waals surface area contributed by atoms with Gasteiger partial charge < -0.3 is 16.0 Å². The number of anilines is 1. The van der Waals surface area contributed by atoms with Gasteiger partial charge in [-0.2, -0.15) is 0 Å². The summed E-state index contributed by atoms with van der Waals surface area (Å²) in [5.41, 5.74) is 0.494. The van der Waals surface area contributed by atoms with E-state index in [0.717, 1.165) is 12.8 Å².